The van der Waals surface area contributed by atoms with E-state index in [-0.39, 0.29) is 17.4 Å². The number of rotatable bonds is 4. The summed E-state index contributed by atoms with van der Waals surface area (Å²) in [4.78, 5) is 18.9. The molecule has 0 atom stereocenters. The predicted octanol–water partition coefficient (Wildman–Crippen LogP) is 3.93. The molecule has 0 aliphatic rings. The maximum Gasteiger partial charge on any atom is 0.416 e. The minimum Gasteiger partial charge on any atom is -0.363 e. The Morgan fingerprint density at radius 2 is 1.77 bits per heavy atom. The van der Waals surface area contributed by atoms with Gasteiger partial charge in [0.1, 0.15) is 5.82 Å². The van der Waals surface area contributed by atoms with Crippen molar-refractivity contribution < 1.29 is 18.0 Å². The Morgan fingerprint density at radius 3 is 2.35 bits per heavy atom. The molecular weight excluding hydrogens is 343 g/mol. The molecule has 1 heterocycles. The Hall–Kier alpha value is -2.83. The summed E-state index contributed by atoms with van der Waals surface area (Å²) in [6.45, 7) is 0. The number of carbonyl (C=O) groups excluding carboxylic acids is 1. The molecule has 26 heavy (non-hydrogen) atoms. The number of anilines is 1. The van der Waals surface area contributed by atoms with Crippen LogP contribution >= 0.6 is 0 Å². The summed E-state index contributed by atoms with van der Waals surface area (Å²) in [7, 11) is 6.55. The molecular formula is C19H20F3N3O. The second-order valence-electron chi connectivity index (χ2n) is 6.18. The first-order valence-electron chi connectivity index (χ1n) is 7.84. The highest BCUT2D eigenvalue weighted by atomic mass is 19.4. The van der Waals surface area contributed by atoms with Crippen LogP contribution in [0.15, 0.2) is 42.5 Å². The van der Waals surface area contributed by atoms with E-state index in [4.69, 9.17) is 0 Å². The van der Waals surface area contributed by atoms with Gasteiger partial charge in [0.05, 0.1) is 11.3 Å². The molecule has 1 aromatic carbocycles. The Bertz CT molecular complexity index is 827. The molecule has 0 fully saturated rings. The number of hydrogen-bond donors (Lipinski definition) is 0. The highest BCUT2D eigenvalue weighted by Gasteiger charge is 2.32. The molecule has 0 spiro atoms. The quantitative estimate of drug-likeness (QED) is 0.772. The molecule has 0 saturated heterocycles. The van der Waals surface area contributed by atoms with Crippen LogP contribution in [0.2, 0.25) is 0 Å². The molecule has 1 aromatic heterocycles. The van der Waals surface area contributed by atoms with E-state index in [1.54, 1.807) is 58.5 Å². The van der Waals surface area contributed by atoms with Gasteiger partial charge in [0, 0.05) is 39.8 Å². The van der Waals surface area contributed by atoms with E-state index in [1.807, 2.05) is 0 Å². The lowest BCUT2D eigenvalue weighted by molar-refractivity contribution is -0.137. The van der Waals surface area contributed by atoms with Crippen molar-refractivity contribution in [2.75, 3.05) is 33.1 Å². The van der Waals surface area contributed by atoms with E-state index < -0.39 is 11.7 Å². The fourth-order valence-corrected chi connectivity index (χ4v) is 2.17. The molecule has 0 aliphatic carbocycles. The Kier molecular flexibility index (Phi) is 5.69. The van der Waals surface area contributed by atoms with Crippen molar-refractivity contribution >= 4 is 17.8 Å². The molecule has 138 valence electrons. The summed E-state index contributed by atoms with van der Waals surface area (Å²) in [5, 5.41) is 0. The lowest BCUT2D eigenvalue weighted by Crippen LogP contribution is -2.18. The smallest absolute Gasteiger partial charge is 0.363 e. The minimum atomic E-state index is -4.46. The van der Waals surface area contributed by atoms with Crippen molar-refractivity contribution in [1.29, 1.82) is 0 Å². The SMILES string of the molecule is CN(C)C(=O)/C=C/c1cccc(-c2cc(C(F)(F)F)cc(N(C)C)n2)c1. The van der Waals surface area contributed by atoms with Gasteiger partial charge in [0.15, 0.2) is 0 Å². The highest BCUT2D eigenvalue weighted by Crippen LogP contribution is 2.34. The molecule has 0 unspecified atom stereocenters. The number of halogens is 3. The van der Waals surface area contributed by atoms with Gasteiger partial charge in [-0.25, -0.2) is 4.98 Å². The van der Waals surface area contributed by atoms with Crippen LogP contribution in [-0.4, -0.2) is 44.0 Å². The van der Waals surface area contributed by atoms with E-state index in [2.05, 4.69) is 4.98 Å². The van der Waals surface area contributed by atoms with Crippen LogP contribution in [0.1, 0.15) is 11.1 Å². The molecule has 4 nitrogen and oxygen atoms in total. The van der Waals surface area contributed by atoms with Crippen molar-refractivity contribution in [3.05, 3.63) is 53.6 Å². The number of benzene rings is 1. The van der Waals surface area contributed by atoms with Gasteiger partial charge >= 0.3 is 6.18 Å². The molecule has 0 aliphatic heterocycles. The molecule has 1 amide bonds. The normalized spacial score (nSPS) is 11.7. The number of amides is 1. The van der Waals surface area contributed by atoms with E-state index in [0.29, 0.717) is 11.1 Å². The second kappa shape index (κ2) is 7.59. The zero-order valence-electron chi connectivity index (χ0n) is 15.0. The van der Waals surface area contributed by atoms with Gasteiger partial charge in [0.2, 0.25) is 5.91 Å². The van der Waals surface area contributed by atoms with Gasteiger partial charge in [-0.05, 0) is 29.8 Å². The largest absolute Gasteiger partial charge is 0.416 e. The number of nitrogens with zero attached hydrogens (tertiary/aromatic N) is 3. The van der Waals surface area contributed by atoms with E-state index >= 15 is 0 Å². The number of likely N-dealkylation sites (N-methyl/N-ethyl adjacent to an activating group) is 1. The summed E-state index contributed by atoms with van der Waals surface area (Å²) >= 11 is 0. The summed E-state index contributed by atoms with van der Waals surface area (Å²) < 4.78 is 39.6. The minimum absolute atomic E-state index is 0.178. The molecule has 2 rings (SSSR count). The monoisotopic (exact) mass is 363 g/mol. The number of aromatic nitrogens is 1. The average Bonchev–Trinajstić information content (AvgIpc) is 2.58. The van der Waals surface area contributed by atoms with Gasteiger partial charge in [-0.15, -0.1) is 0 Å². The summed E-state index contributed by atoms with van der Waals surface area (Å²) in [6.07, 6.45) is -1.44. The zero-order valence-corrected chi connectivity index (χ0v) is 15.0. The summed E-state index contributed by atoms with van der Waals surface area (Å²) in [5.74, 6) is 0.0426. The summed E-state index contributed by atoms with van der Waals surface area (Å²) in [5.41, 5.74) is 0.703. The van der Waals surface area contributed by atoms with Crippen molar-refractivity contribution in [3.8, 4) is 11.3 Å². The van der Waals surface area contributed by atoms with Crippen molar-refractivity contribution in [2.24, 2.45) is 0 Å². The number of hydrogen-bond acceptors (Lipinski definition) is 3. The molecule has 7 heteroatoms. The van der Waals surface area contributed by atoms with Crippen molar-refractivity contribution in [1.82, 2.24) is 9.88 Å². The van der Waals surface area contributed by atoms with Crippen LogP contribution in [0, 0.1) is 0 Å². The lowest BCUT2D eigenvalue weighted by Gasteiger charge is -2.16. The predicted molar refractivity (Wildman–Crippen MR) is 96.7 cm³/mol. The molecule has 0 radical (unpaired) electrons. The second-order valence-corrected chi connectivity index (χ2v) is 6.18. The van der Waals surface area contributed by atoms with Gasteiger partial charge in [-0.2, -0.15) is 13.2 Å². The van der Waals surface area contributed by atoms with Gasteiger partial charge in [-0.1, -0.05) is 18.2 Å². The molecule has 0 N–H and O–H groups in total. The van der Waals surface area contributed by atoms with Crippen molar-refractivity contribution in [2.45, 2.75) is 6.18 Å². The van der Waals surface area contributed by atoms with Crippen LogP contribution in [0.5, 0.6) is 0 Å². The zero-order chi connectivity index (χ0) is 19.5. The fraction of sp³-hybridized carbons (Fsp3) is 0.263. The van der Waals surface area contributed by atoms with Crippen molar-refractivity contribution in [3.63, 3.8) is 0 Å². The lowest BCUT2D eigenvalue weighted by atomic mass is 10.0. The number of carbonyl (C=O) groups is 1. The van der Waals surface area contributed by atoms with Crippen LogP contribution in [0.4, 0.5) is 19.0 Å². The molecule has 2 aromatic rings. The number of pyridine rings is 1. The highest BCUT2D eigenvalue weighted by molar-refractivity contribution is 5.91. The van der Waals surface area contributed by atoms with E-state index in [0.717, 1.165) is 12.1 Å². The van der Waals surface area contributed by atoms with Crippen LogP contribution < -0.4 is 4.90 Å². The first-order valence-corrected chi connectivity index (χ1v) is 7.84. The maximum absolute atomic E-state index is 13.2. The topological polar surface area (TPSA) is 36.4 Å². The third-order valence-corrected chi connectivity index (χ3v) is 3.64. The molecule has 0 saturated carbocycles. The van der Waals surface area contributed by atoms with Crippen LogP contribution in [0.25, 0.3) is 17.3 Å². The van der Waals surface area contributed by atoms with Crippen LogP contribution in [0.3, 0.4) is 0 Å². The maximum atomic E-state index is 13.2. The third kappa shape index (κ3) is 4.84. The number of alkyl halides is 3. The third-order valence-electron chi connectivity index (χ3n) is 3.64. The van der Waals surface area contributed by atoms with E-state index in [1.165, 1.54) is 15.9 Å². The van der Waals surface area contributed by atoms with Gasteiger partial charge in [-0.3, -0.25) is 4.79 Å². The molecule has 0 bridgehead atoms. The standard InChI is InChI=1S/C19H20F3N3O/c1-24(2)17-12-15(19(20,21)22)11-16(23-17)14-7-5-6-13(10-14)8-9-18(26)25(3)4/h5-12H,1-4H3/b9-8+. The van der Waals surface area contributed by atoms with Gasteiger partial charge < -0.3 is 9.80 Å². The van der Waals surface area contributed by atoms with Gasteiger partial charge in [0.25, 0.3) is 0 Å². The summed E-state index contributed by atoms with van der Waals surface area (Å²) in [6, 6.07) is 8.91. The Labute approximate surface area is 150 Å². The fourth-order valence-electron chi connectivity index (χ4n) is 2.17. The van der Waals surface area contributed by atoms with Crippen LogP contribution in [-0.2, 0) is 11.0 Å². The Morgan fingerprint density at radius 1 is 1.08 bits per heavy atom. The first kappa shape index (κ1) is 19.5. The van der Waals surface area contributed by atoms with E-state index in [9.17, 15) is 18.0 Å². The average molecular weight is 363 g/mol. The Balaban J connectivity index is 2.46. The first-order chi connectivity index (χ1) is 12.1.